The number of nitrogens with zero attached hydrogens (tertiary/aromatic N) is 1. The average Bonchev–Trinajstić information content (AvgIpc) is 4.22. The highest BCUT2D eigenvalue weighted by Crippen LogP contribution is 2.45. The van der Waals surface area contributed by atoms with Gasteiger partial charge in [-0.25, -0.2) is 0 Å². The molecule has 0 aliphatic carbocycles. The molecule has 0 bridgehead atoms. The first-order chi connectivity index (χ1) is 36.4. The van der Waals surface area contributed by atoms with Crippen molar-refractivity contribution < 1.29 is 44.2 Å². The Morgan fingerprint density at radius 2 is 1.06 bits per heavy atom. The molecule has 0 saturated heterocycles. The smallest absolute Gasteiger partial charge is 0.143 e. The van der Waals surface area contributed by atoms with Crippen LogP contribution in [-0.2, 0) is 0 Å². The minimum Gasteiger partial charge on any atom is -0.455 e. The van der Waals surface area contributed by atoms with Gasteiger partial charge in [0, 0.05) is 42.3 Å². The molecular weight excluding hydrogens is 615 g/mol. The number of hydrogen-bond donors (Lipinski definition) is 0. The Labute approximate surface area is 328 Å². The maximum absolute atomic E-state index is 9.69. The molecule has 10 aromatic rings. The van der Waals surface area contributed by atoms with E-state index in [9.17, 15) is 15.1 Å². The summed E-state index contributed by atoms with van der Waals surface area (Å²) in [6, 6.07) is -27.0. The van der Waals surface area contributed by atoms with Crippen LogP contribution in [0.4, 0.5) is 17.1 Å². The van der Waals surface area contributed by atoms with Gasteiger partial charge >= 0.3 is 0 Å². The van der Waals surface area contributed by atoms with Crippen LogP contribution < -0.4 is 4.90 Å². The van der Waals surface area contributed by atoms with E-state index in [0.717, 1.165) is 0 Å². The van der Waals surface area contributed by atoms with Crippen LogP contribution in [0, 0.1) is 0 Å². The molecule has 0 spiro atoms. The Balaban J connectivity index is 1.40. The second-order valence-corrected chi connectivity index (χ2v) is 11.3. The molecule has 0 radical (unpaired) electrons. The Bertz CT molecular complexity index is 4420. The zero-order valence-corrected chi connectivity index (χ0v) is 25.1. The molecule has 0 aliphatic heterocycles. The van der Waals surface area contributed by atoms with Crippen LogP contribution in [0.1, 0.15) is 39.8 Å². The second kappa shape index (κ2) is 11.2. The Kier molecular flexibility index (Phi) is 2.63. The maximum atomic E-state index is 9.69. The van der Waals surface area contributed by atoms with E-state index in [-0.39, 0.29) is 20.2 Å². The predicted octanol–water partition coefficient (Wildman–Crippen LogP) is 13.9. The van der Waals surface area contributed by atoms with Crippen LogP contribution in [0.2, 0.25) is 0 Å². The predicted molar refractivity (Wildman–Crippen MR) is 210 cm³/mol. The monoisotopic (exact) mass is 672 g/mol. The van der Waals surface area contributed by atoms with E-state index in [0.29, 0.717) is 16.2 Å². The lowest BCUT2D eigenvalue weighted by molar-refractivity contribution is 0.672. The van der Waals surface area contributed by atoms with Crippen molar-refractivity contribution in [3.05, 3.63) is 175 Å². The van der Waals surface area contributed by atoms with Gasteiger partial charge in [0.2, 0.25) is 0 Å². The van der Waals surface area contributed by atoms with Crippen molar-refractivity contribution in [3.8, 4) is 22.3 Å². The van der Waals surface area contributed by atoms with Crippen molar-refractivity contribution in [2.24, 2.45) is 0 Å². The molecule has 0 aliphatic rings. The molecule has 0 atom stereocenters. The minimum atomic E-state index is -1.22. The molecule has 230 valence electrons. The van der Waals surface area contributed by atoms with Crippen LogP contribution in [0.25, 0.3) is 75.1 Å². The molecule has 49 heavy (non-hydrogen) atoms. The summed E-state index contributed by atoms with van der Waals surface area (Å²) in [4.78, 5) is 0.443. The highest BCUT2D eigenvalue weighted by Gasteiger charge is 2.20. The lowest BCUT2D eigenvalue weighted by Crippen LogP contribution is -2.10. The van der Waals surface area contributed by atoms with Gasteiger partial charge in [-0.2, -0.15) is 0 Å². The van der Waals surface area contributed by atoms with E-state index < -0.39 is 247 Å². The SMILES string of the molecule is [2H]c1c([2H])c([2H])c(-c2c([2H])c([2H])c(N(c3c([2H])c([2H])c(-c4c([2H])c([2H])c5c(sc6c([2H])c([2H])c([2H])c([2H])c65)c4[2H])c([2H])c3[2H])c3c([2H])c([2H])c([2H])c4oc5c6c([2H])c([2H])c([2H])c([2H])c6c([2H])c([2H])c5c34)c([2H])c2[2H])c([2H])c1[2H]. The van der Waals surface area contributed by atoms with Crippen molar-refractivity contribution in [1.29, 1.82) is 0 Å². The van der Waals surface area contributed by atoms with Gasteiger partial charge in [-0.1, -0.05) is 121 Å². The molecule has 0 N–H and O–H groups in total. The molecule has 2 aromatic heterocycles. The van der Waals surface area contributed by atoms with Gasteiger partial charge in [0.05, 0.1) is 50.8 Å². The summed E-state index contributed by atoms with van der Waals surface area (Å²) in [5.41, 5.74) is -7.75. The molecule has 0 amide bonds. The molecule has 0 fully saturated rings. The van der Waals surface area contributed by atoms with Gasteiger partial charge in [0.15, 0.2) is 0 Å². The molecule has 0 saturated carbocycles. The van der Waals surface area contributed by atoms with E-state index in [2.05, 4.69) is 0 Å². The number of anilines is 3. The van der Waals surface area contributed by atoms with Crippen LogP contribution in [0.15, 0.2) is 180 Å². The third-order valence-electron chi connectivity index (χ3n) is 7.51. The van der Waals surface area contributed by atoms with Gasteiger partial charge in [0.1, 0.15) is 11.2 Å². The van der Waals surface area contributed by atoms with Crippen LogP contribution in [0.5, 0.6) is 0 Å². The normalized spacial score (nSPS) is 20.0. The molecule has 10 rings (SSSR count). The molecule has 0 unspecified atom stereocenters. The Morgan fingerprint density at radius 1 is 0.449 bits per heavy atom. The molecule has 8 aromatic carbocycles. The zero-order valence-electron chi connectivity index (χ0n) is 53.3. The van der Waals surface area contributed by atoms with Crippen LogP contribution >= 0.6 is 11.3 Å². The van der Waals surface area contributed by atoms with E-state index in [4.69, 9.17) is 29.1 Å². The third kappa shape index (κ3) is 4.62. The fourth-order valence-corrected chi connectivity index (χ4v) is 6.31. The Morgan fingerprint density at radius 3 is 1.86 bits per heavy atom. The van der Waals surface area contributed by atoms with Crippen molar-refractivity contribution in [1.82, 2.24) is 0 Å². The molecule has 2 nitrogen and oxygen atoms in total. The molecule has 3 heteroatoms. The number of hydrogen-bond acceptors (Lipinski definition) is 3. The van der Waals surface area contributed by atoms with Gasteiger partial charge < -0.3 is 9.32 Å². The minimum absolute atomic E-state index is 0.101. The highest BCUT2D eigenvalue weighted by atomic mass is 32.1. The summed E-state index contributed by atoms with van der Waals surface area (Å²) < 4.78 is 265. The van der Waals surface area contributed by atoms with Crippen LogP contribution in [-0.4, -0.2) is 0 Å². The number of thiophene rings is 1. The van der Waals surface area contributed by atoms with E-state index >= 15 is 0 Å². The second-order valence-electron chi connectivity index (χ2n) is 10.3. The van der Waals surface area contributed by atoms with Crippen molar-refractivity contribution in [3.63, 3.8) is 0 Å². The lowest BCUT2D eigenvalue weighted by Gasteiger charge is -2.26. The standard InChI is InChI=1S/C46H29NOS/c1-2-9-30(10-3-1)31-17-23-35(24-18-31)47(41-14-8-15-42-45(41)40-28-21-33-11-4-5-12-37(33)46(40)48-42)36-25-19-32(20-26-36)34-22-27-39-38-13-6-7-16-43(38)49-44(39)29-34/h1-29H/i1D,2D,3D,4D,5D,6D,7D,8D,9D,10D,11D,12D,13D,14D,15D,16D,17D,18D,19D,20D,21D,22D,23D,24D,25D,26D,27D,28D,29D. The highest BCUT2D eigenvalue weighted by molar-refractivity contribution is 7.25. The van der Waals surface area contributed by atoms with Gasteiger partial charge in [-0.05, 0) is 82.0 Å². The van der Waals surface area contributed by atoms with Gasteiger partial charge in [-0.15, -0.1) is 11.3 Å². The topological polar surface area (TPSA) is 16.4 Å². The maximum Gasteiger partial charge on any atom is 0.143 e. The van der Waals surface area contributed by atoms with E-state index in [1.165, 1.54) is 0 Å². The molecular formula is C46H29NOS. The first-order valence-electron chi connectivity index (χ1n) is 28.7. The number of fused-ring (bicyclic) bond motifs is 8. The first-order valence-corrected chi connectivity index (χ1v) is 15.1. The summed E-state index contributed by atoms with van der Waals surface area (Å²) in [5, 5.41) is -2.81. The Hall–Kier alpha value is -6.16. The largest absolute Gasteiger partial charge is 0.455 e. The third-order valence-corrected chi connectivity index (χ3v) is 8.53. The summed E-state index contributed by atoms with van der Waals surface area (Å²) in [7, 11) is 0. The summed E-state index contributed by atoms with van der Waals surface area (Å²) in [6.45, 7) is 0. The number of furan rings is 1. The fraction of sp³-hybridized carbons (Fsp3) is 0. The van der Waals surface area contributed by atoms with Crippen molar-refractivity contribution in [2.45, 2.75) is 0 Å². The quantitative estimate of drug-likeness (QED) is 0.181. The zero-order chi connectivity index (χ0) is 57.5. The fourth-order valence-electron chi connectivity index (χ4n) is 5.34. The van der Waals surface area contributed by atoms with Gasteiger partial charge in [0.25, 0.3) is 0 Å². The van der Waals surface area contributed by atoms with Crippen molar-refractivity contribution >= 4 is 81.3 Å². The van der Waals surface area contributed by atoms with E-state index in [1.54, 1.807) is 0 Å². The number of rotatable bonds is 5. The number of benzene rings is 8. The first kappa shape index (κ1) is 11.5. The van der Waals surface area contributed by atoms with E-state index in [1.807, 2.05) is 0 Å². The summed E-state index contributed by atoms with van der Waals surface area (Å²) in [6.07, 6.45) is 0. The summed E-state index contributed by atoms with van der Waals surface area (Å²) in [5.74, 6) is 0. The van der Waals surface area contributed by atoms with Gasteiger partial charge in [-0.3, -0.25) is 0 Å². The van der Waals surface area contributed by atoms with Crippen LogP contribution in [0.3, 0.4) is 0 Å². The average molecular weight is 673 g/mol. The van der Waals surface area contributed by atoms with Crippen molar-refractivity contribution in [2.75, 3.05) is 4.90 Å². The summed E-state index contributed by atoms with van der Waals surface area (Å²) >= 11 is 0.638. The lowest BCUT2D eigenvalue weighted by atomic mass is 10.0. The molecule has 2 heterocycles.